The van der Waals surface area contributed by atoms with Crippen LogP contribution in [0.2, 0.25) is 0 Å². The van der Waals surface area contributed by atoms with Crippen molar-refractivity contribution in [1.82, 2.24) is 0 Å². The van der Waals surface area contributed by atoms with Gasteiger partial charge in [0.15, 0.2) is 5.78 Å². The molecule has 0 amide bonds. The van der Waals surface area contributed by atoms with Crippen LogP contribution < -0.4 is 0 Å². The molecule has 15 heavy (non-hydrogen) atoms. The smallest absolute Gasteiger partial charge is 0.341 e. The minimum atomic E-state index is -0.478. The second kappa shape index (κ2) is 2.81. The Labute approximate surface area is 87.8 Å². The molecule has 3 aliphatic rings. The third-order valence-corrected chi connectivity index (χ3v) is 3.85. The number of fused-ring (bicyclic) bond motifs is 5. The molecule has 0 aromatic rings. The van der Waals surface area contributed by atoms with Gasteiger partial charge in [-0.25, -0.2) is 4.79 Å². The van der Waals surface area contributed by atoms with Crippen molar-refractivity contribution in [2.75, 3.05) is 7.11 Å². The molecular formula is C12H12O3. The number of methoxy groups -OCH3 is 1. The molecule has 0 aliphatic heterocycles. The molecule has 78 valence electrons. The first-order valence-electron chi connectivity index (χ1n) is 5.25. The van der Waals surface area contributed by atoms with E-state index in [0.717, 1.165) is 6.42 Å². The lowest BCUT2D eigenvalue weighted by molar-refractivity contribution is -0.138. The van der Waals surface area contributed by atoms with Gasteiger partial charge in [0.2, 0.25) is 0 Å². The summed E-state index contributed by atoms with van der Waals surface area (Å²) in [5.74, 6) is 0.602. The van der Waals surface area contributed by atoms with Crippen LogP contribution in [0.3, 0.4) is 0 Å². The fourth-order valence-corrected chi connectivity index (χ4v) is 3.19. The molecule has 0 aromatic carbocycles. The number of carbonyl (C=O) groups excluding carboxylic acids is 2. The maximum Gasteiger partial charge on any atom is 0.341 e. The number of Topliss-reactive ketones (excluding diaryl/α,β-unsaturated/α-hetero) is 1. The van der Waals surface area contributed by atoms with Crippen molar-refractivity contribution in [3.8, 4) is 0 Å². The van der Waals surface area contributed by atoms with Gasteiger partial charge >= 0.3 is 5.97 Å². The molecule has 3 heteroatoms. The van der Waals surface area contributed by atoms with Gasteiger partial charge < -0.3 is 4.74 Å². The van der Waals surface area contributed by atoms with E-state index >= 15 is 0 Å². The standard InChI is InChI=1S/C12H12O3/c1-15-12(14)9-5-8-6-2-3-7(4-6)10(8)11(9)13/h2-3,5-8,10H,4H2,1H3/t6-,7+,8+,10-/m0/s1. The van der Waals surface area contributed by atoms with E-state index in [2.05, 4.69) is 16.9 Å². The highest BCUT2D eigenvalue weighted by Crippen LogP contribution is 2.52. The maximum atomic E-state index is 12.0. The van der Waals surface area contributed by atoms with Crippen molar-refractivity contribution >= 4 is 11.8 Å². The van der Waals surface area contributed by atoms with Gasteiger partial charge in [0, 0.05) is 5.92 Å². The van der Waals surface area contributed by atoms with Gasteiger partial charge in [-0.3, -0.25) is 4.79 Å². The summed E-state index contributed by atoms with van der Waals surface area (Å²) in [5, 5.41) is 0. The third kappa shape index (κ3) is 1.01. The number of esters is 1. The average Bonchev–Trinajstić information content (AvgIpc) is 2.89. The summed E-state index contributed by atoms with van der Waals surface area (Å²) in [7, 11) is 1.32. The highest BCUT2D eigenvalue weighted by atomic mass is 16.5. The number of ketones is 1. The van der Waals surface area contributed by atoms with Crippen LogP contribution in [0.15, 0.2) is 23.8 Å². The summed E-state index contributed by atoms with van der Waals surface area (Å²) in [6, 6.07) is 0. The molecule has 3 nitrogen and oxygen atoms in total. The highest BCUT2D eigenvalue weighted by Gasteiger charge is 2.52. The molecule has 0 heterocycles. The molecule has 1 fully saturated rings. The number of hydrogen-bond donors (Lipinski definition) is 0. The SMILES string of the molecule is COC(=O)C1=C[C@H]2[C@@H](C1=O)[C@@H]1C=C[C@H]2C1. The Kier molecular flexibility index (Phi) is 1.67. The fraction of sp³-hybridized carbons (Fsp3) is 0.500. The van der Waals surface area contributed by atoms with Crippen LogP contribution in [0, 0.1) is 23.7 Å². The zero-order valence-electron chi connectivity index (χ0n) is 8.47. The number of carbonyl (C=O) groups is 2. The van der Waals surface area contributed by atoms with E-state index in [9.17, 15) is 9.59 Å². The minimum absolute atomic E-state index is 0.0105. The quantitative estimate of drug-likeness (QED) is 0.365. The molecule has 0 N–H and O–H groups in total. The summed E-state index contributed by atoms with van der Waals surface area (Å²) in [4.78, 5) is 23.3. The van der Waals surface area contributed by atoms with E-state index in [1.165, 1.54) is 7.11 Å². The Hall–Kier alpha value is -1.38. The second-order valence-corrected chi connectivity index (χ2v) is 4.49. The van der Waals surface area contributed by atoms with Crippen molar-refractivity contribution in [3.63, 3.8) is 0 Å². The molecule has 0 unspecified atom stereocenters. The highest BCUT2D eigenvalue weighted by molar-refractivity contribution is 6.20. The topological polar surface area (TPSA) is 43.4 Å². The number of rotatable bonds is 1. The first-order valence-corrected chi connectivity index (χ1v) is 5.25. The maximum absolute atomic E-state index is 12.0. The molecular weight excluding hydrogens is 192 g/mol. The molecule has 3 rings (SSSR count). The predicted octanol–water partition coefficient (Wildman–Crippen LogP) is 1.11. The van der Waals surface area contributed by atoms with E-state index in [1.807, 2.05) is 6.08 Å². The summed E-state index contributed by atoms with van der Waals surface area (Å²) in [6.45, 7) is 0. The van der Waals surface area contributed by atoms with Crippen LogP contribution in [0.25, 0.3) is 0 Å². The van der Waals surface area contributed by atoms with Crippen molar-refractivity contribution in [1.29, 1.82) is 0 Å². The lowest BCUT2D eigenvalue weighted by Crippen LogP contribution is -2.23. The van der Waals surface area contributed by atoms with Gasteiger partial charge in [-0.15, -0.1) is 0 Å². The molecule has 1 saturated carbocycles. The zero-order valence-corrected chi connectivity index (χ0v) is 8.47. The first-order chi connectivity index (χ1) is 7.22. The Morgan fingerprint density at radius 3 is 2.80 bits per heavy atom. The van der Waals surface area contributed by atoms with Crippen molar-refractivity contribution < 1.29 is 14.3 Å². The number of hydrogen-bond acceptors (Lipinski definition) is 3. The Morgan fingerprint density at radius 2 is 2.13 bits per heavy atom. The Morgan fingerprint density at radius 1 is 1.40 bits per heavy atom. The minimum Gasteiger partial charge on any atom is -0.465 e. The monoisotopic (exact) mass is 204 g/mol. The molecule has 0 saturated heterocycles. The van der Waals surface area contributed by atoms with Crippen LogP contribution in [0.1, 0.15) is 6.42 Å². The van der Waals surface area contributed by atoms with Crippen LogP contribution in [-0.2, 0) is 14.3 Å². The lowest BCUT2D eigenvalue weighted by Gasteiger charge is -2.17. The normalized spacial score (nSPS) is 40.6. The van der Waals surface area contributed by atoms with E-state index < -0.39 is 5.97 Å². The summed E-state index contributed by atoms with van der Waals surface area (Å²) in [6.07, 6.45) is 7.20. The van der Waals surface area contributed by atoms with E-state index in [0.29, 0.717) is 11.8 Å². The molecule has 3 aliphatic carbocycles. The van der Waals surface area contributed by atoms with E-state index in [4.69, 9.17) is 0 Å². The predicted molar refractivity (Wildman–Crippen MR) is 52.8 cm³/mol. The van der Waals surface area contributed by atoms with Gasteiger partial charge in [-0.05, 0) is 24.2 Å². The van der Waals surface area contributed by atoms with E-state index in [1.54, 1.807) is 0 Å². The van der Waals surface area contributed by atoms with Gasteiger partial charge in [0.25, 0.3) is 0 Å². The van der Waals surface area contributed by atoms with Crippen LogP contribution >= 0.6 is 0 Å². The molecule has 0 spiro atoms. The average molecular weight is 204 g/mol. The van der Waals surface area contributed by atoms with Crippen molar-refractivity contribution in [3.05, 3.63) is 23.8 Å². The van der Waals surface area contributed by atoms with Gasteiger partial charge in [0.1, 0.15) is 0 Å². The second-order valence-electron chi connectivity index (χ2n) is 4.49. The summed E-state index contributed by atoms with van der Waals surface area (Å²) < 4.78 is 4.61. The lowest BCUT2D eigenvalue weighted by atomic mass is 9.85. The van der Waals surface area contributed by atoms with Gasteiger partial charge in [0.05, 0.1) is 12.7 Å². The Bertz CT molecular complexity index is 405. The van der Waals surface area contributed by atoms with Crippen molar-refractivity contribution in [2.24, 2.45) is 23.7 Å². The number of allylic oxidation sites excluding steroid dienone is 3. The van der Waals surface area contributed by atoms with Gasteiger partial charge in [-0.2, -0.15) is 0 Å². The largest absolute Gasteiger partial charge is 0.465 e. The molecule has 2 bridgehead atoms. The summed E-state index contributed by atoms with van der Waals surface area (Å²) in [5.41, 5.74) is 0.269. The molecule has 0 aromatic heterocycles. The molecule has 0 radical (unpaired) electrons. The van der Waals surface area contributed by atoms with Crippen LogP contribution in [-0.4, -0.2) is 18.9 Å². The van der Waals surface area contributed by atoms with E-state index in [-0.39, 0.29) is 23.2 Å². The number of ether oxygens (including phenoxy) is 1. The van der Waals surface area contributed by atoms with Crippen LogP contribution in [0.4, 0.5) is 0 Å². The fourth-order valence-electron chi connectivity index (χ4n) is 3.19. The molecule has 4 atom stereocenters. The Balaban J connectivity index is 1.96. The van der Waals surface area contributed by atoms with Gasteiger partial charge in [-0.1, -0.05) is 18.2 Å². The van der Waals surface area contributed by atoms with Crippen LogP contribution in [0.5, 0.6) is 0 Å². The van der Waals surface area contributed by atoms with Crippen molar-refractivity contribution in [2.45, 2.75) is 6.42 Å². The first kappa shape index (κ1) is 8.89. The summed E-state index contributed by atoms with van der Waals surface area (Å²) >= 11 is 0. The zero-order chi connectivity index (χ0) is 10.6. The third-order valence-electron chi connectivity index (χ3n) is 3.85.